The van der Waals surface area contributed by atoms with Crippen LogP contribution in [-0.4, -0.2) is 35.7 Å². The van der Waals surface area contributed by atoms with Gasteiger partial charge < -0.3 is 20.0 Å². The summed E-state index contributed by atoms with van der Waals surface area (Å²) in [5.41, 5.74) is 2.58. The van der Waals surface area contributed by atoms with Gasteiger partial charge in [-0.2, -0.15) is 0 Å². The van der Waals surface area contributed by atoms with E-state index in [1.54, 1.807) is 18.2 Å². The largest absolute Gasteiger partial charge is 0.467 e. The zero-order valence-electron chi connectivity index (χ0n) is 18.9. The Bertz CT molecular complexity index is 1060. The number of anilines is 1. The third-order valence-electron chi connectivity index (χ3n) is 5.23. The van der Waals surface area contributed by atoms with Crippen LogP contribution in [0.1, 0.15) is 36.1 Å². The van der Waals surface area contributed by atoms with Crippen molar-refractivity contribution in [2.75, 3.05) is 18.4 Å². The molecule has 7 heteroatoms. The number of carbonyl (C=O) groups excluding carboxylic acids is 3. The molecule has 1 aromatic heterocycles. The van der Waals surface area contributed by atoms with Crippen molar-refractivity contribution in [2.24, 2.45) is 0 Å². The Labute approximate surface area is 193 Å². The molecular weight excluding hydrogens is 418 g/mol. The molecule has 3 amide bonds. The van der Waals surface area contributed by atoms with Gasteiger partial charge in [0.05, 0.1) is 25.3 Å². The molecule has 3 rings (SSSR count). The zero-order chi connectivity index (χ0) is 23.6. The van der Waals surface area contributed by atoms with Gasteiger partial charge in [0, 0.05) is 5.69 Å². The van der Waals surface area contributed by atoms with E-state index in [9.17, 15) is 14.4 Å². The standard InChI is InChI=1S/C26H29N3O4/c1-3-23(20-10-5-4-6-11-20)26(32)29(17-22-13-8-14-33-22)18-25(31)27-16-24(30)28-21-12-7-9-19(2)15-21/h4-15,23H,3,16-18H2,1-2H3,(H,27,31)(H,28,30). The Kier molecular flexibility index (Phi) is 8.41. The van der Waals surface area contributed by atoms with Gasteiger partial charge in [-0.1, -0.05) is 49.4 Å². The molecule has 1 heterocycles. The van der Waals surface area contributed by atoms with Gasteiger partial charge in [-0.05, 0) is 48.7 Å². The SMILES string of the molecule is CCC(C(=O)N(CC(=O)NCC(=O)Nc1cccc(C)c1)Cc1ccco1)c1ccccc1. The first kappa shape index (κ1) is 23.8. The highest BCUT2D eigenvalue weighted by atomic mass is 16.3. The summed E-state index contributed by atoms with van der Waals surface area (Å²) in [7, 11) is 0. The molecule has 3 aromatic rings. The quantitative estimate of drug-likeness (QED) is 0.494. The summed E-state index contributed by atoms with van der Waals surface area (Å²) in [5, 5.41) is 5.35. The van der Waals surface area contributed by atoms with Crippen molar-refractivity contribution in [3.05, 3.63) is 89.9 Å². The van der Waals surface area contributed by atoms with E-state index in [0.717, 1.165) is 11.1 Å². The summed E-state index contributed by atoms with van der Waals surface area (Å²) in [6, 6.07) is 20.4. The van der Waals surface area contributed by atoms with Crippen LogP contribution in [0.4, 0.5) is 5.69 Å². The molecule has 0 fully saturated rings. The number of rotatable bonds is 10. The van der Waals surface area contributed by atoms with Crippen molar-refractivity contribution in [1.29, 1.82) is 0 Å². The predicted octanol–water partition coefficient (Wildman–Crippen LogP) is 3.87. The molecule has 7 nitrogen and oxygen atoms in total. The lowest BCUT2D eigenvalue weighted by Gasteiger charge is -2.26. The Morgan fingerprint density at radius 2 is 1.76 bits per heavy atom. The van der Waals surface area contributed by atoms with E-state index in [2.05, 4.69) is 10.6 Å². The van der Waals surface area contributed by atoms with E-state index >= 15 is 0 Å². The van der Waals surface area contributed by atoms with E-state index in [4.69, 9.17) is 4.42 Å². The van der Waals surface area contributed by atoms with Crippen molar-refractivity contribution in [2.45, 2.75) is 32.7 Å². The van der Waals surface area contributed by atoms with Crippen molar-refractivity contribution in [3.8, 4) is 0 Å². The van der Waals surface area contributed by atoms with Crippen molar-refractivity contribution in [1.82, 2.24) is 10.2 Å². The highest BCUT2D eigenvalue weighted by molar-refractivity contribution is 5.95. The minimum atomic E-state index is -0.419. The lowest BCUT2D eigenvalue weighted by Crippen LogP contribution is -2.44. The molecule has 0 bridgehead atoms. The minimum absolute atomic E-state index is 0.165. The Morgan fingerprint density at radius 3 is 2.42 bits per heavy atom. The molecule has 2 N–H and O–H groups in total. The second-order valence-electron chi connectivity index (χ2n) is 7.84. The lowest BCUT2D eigenvalue weighted by atomic mass is 9.95. The molecule has 2 aromatic carbocycles. The monoisotopic (exact) mass is 447 g/mol. The summed E-state index contributed by atoms with van der Waals surface area (Å²) < 4.78 is 5.40. The maximum atomic E-state index is 13.4. The fourth-order valence-corrected chi connectivity index (χ4v) is 3.60. The first-order valence-corrected chi connectivity index (χ1v) is 11.0. The molecule has 0 aliphatic carbocycles. The van der Waals surface area contributed by atoms with Gasteiger partial charge in [0.2, 0.25) is 17.7 Å². The fraction of sp³-hybridized carbons (Fsp3) is 0.269. The van der Waals surface area contributed by atoms with Gasteiger partial charge in [-0.15, -0.1) is 0 Å². The molecule has 0 saturated carbocycles. The Morgan fingerprint density at radius 1 is 0.970 bits per heavy atom. The van der Waals surface area contributed by atoms with Crippen LogP contribution >= 0.6 is 0 Å². The third-order valence-corrected chi connectivity index (χ3v) is 5.23. The lowest BCUT2D eigenvalue weighted by molar-refractivity contribution is -0.138. The van der Waals surface area contributed by atoms with Crippen LogP contribution < -0.4 is 10.6 Å². The van der Waals surface area contributed by atoms with Crippen LogP contribution in [0.15, 0.2) is 77.4 Å². The van der Waals surface area contributed by atoms with Crippen molar-refractivity contribution < 1.29 is 18.8 Å². The summed E-state index contributed by atoms with van der Waals surface area (Å²) in [4.78, 5) is 39.7. The summed E-state index contributed by atoms with van der Waals surface area (Å²) >= 11 is 0. The molecule has 0 aliphatic heterocycles. The number of hydrogen-bond donors (Lipinski definition) is 2. The van der Waals surface area contributed by atoms with E-state index in [1.165, 1.54) is 11.2 Å². The predicted molar refractivity (Wildman–Crippen MR) is 126 cm³/mol. The van der Waals surface area contributed by atoms with E-state index in [-0.39, 0.29) is 37.4 Å². The second kappa shape index (κ2) is 11.7. The molecular formula is C26H29N3O4. The average Bonchev–Trinajstić information content (AvgIpc) is 3.32. The highest BCUT2D eigenvalue weighted by Crippen LogP contribution is 2.23. The Balaban J connectivity index is 1.63. The molecule has 0 spiro atoms. The number of hydrogen-bond acceptors (Lipinski definition) is 4. The number of aryl methyl sites for hydroxylation is 1. The molecule has 0 radical (unpaired) electrons. The first-order chi connectivity index (χ1) is 16.0. The highest BCUT2D eigenvalue weighted by Gasteiger charge is 2.27. The van der Waals surface area contributed by atoms with Crippen LogP contribution in [0, 0.1) is 6.92 Å². The van der Waals surface area contributed by atoms with Gasteiger partial charge in [0.1, 0.15) is 12.3 Å². The topological polar surface area (TPSA) is 91.7 Å². The minimum Gasteiger partial charge on any atom is -0.467 e. The number of carbonyl (C=O) groups is 3. The number of nitrogens with one attached hydrogen (secondary N) is 2. The van der Waals surface area contributed by atoms with Gasteiger partial charge in [-0.3, -0.25) is 14.4 Å². The maximum Gasteiger partial charge on any atom is 0.243 e. The Hall–Kier alpha value is -3.87. The van der Waals surface area contributed by atoms with E-state index in [0.29, 0.717) is 17.9 Å². The van der Waals surface area contributed by atoms with Crippen LogP contribution in [0.5, 0.6) is 0 Å². The average molecular weight is 448 g/mol. The zero-order valence-corrected chi connectivity index (χ0v) is 18.9. The van der Waals surface area contributed by atoms with Gasteiger partial charge in [0.25, 0.3) is 0 Å². The molecule has 33 heavy (non-hydrogen) atoms. The van der Waals surface area contributed by atoms with Crippen LogP contribution in [-0.2, 0) is 20.9 Å². The molecule has 172 valence electrons. The number of furan rings is 1. The molecule has 1 atom stereocenters. The smallest absolute Gasteiger partial charge is 0.243 e. The van der Waals surface area contributed by atoms with E-state index in [1.807, 2.05) is 62.4 Å². The van der Waals surface area contributed by atoms with Crippen molar-refractivity contribution in [3.63, 3.8) is 0 Å². The second-order valence-corrected chi connectivity index (χ2v) is 7.84. The normalized spacial score (nSPS) is 11.5. The molecule has 0 aliphatic rings. The third kappa shape index (κ3) is 7.07. The van der Waals surface area contributed by atoms with Crippen LogP contribution in [0.25, 0.3) is 0 Å². The van der Waals surface area contributed by atoms with Gasteiger partial charge >= 0.3 is 0 Å². The van der Waals surface area contributed by atoms with E-state index < -0.39 is 5.91 Å². The molecule has 1 unspecified atom stereocenters. The molecule has 0 saturated heterocycles. The number of amides is 3. The number of benzene rings is 2. The first-order valence-electron chi connectivity index (χ1n) is 11.0. The van der Waals surface area contributed by atoms with Crippen LogP contribution in [0.3, 0.4) is 0 Å². The summed E-state index contributed by atoms with van der Waals surface area (Å²) in [5.74, 6) is -0.722. The van der Waals surface area contributed by atoms with Crippen LogP contribution in [0.2, 0.25) is 0 Å². The van der Waals surface area contributed by atoms with Gasteiger partial charge in [0.15, 0.2) is 0 Å². The van der Waals surface area contributed by atoms with Crippen molar-refractivity contribution >= 4 is 23.4 Å². The fourth-order valence-electron chi connectivity index (χ4n) is 3.60. The summed E-state index contributed by atoms with van der Waals surface area (Å²) in [6.45, 7) is 3.67. The number of nitrogens with zero attached hydrogens (tertiary/aromatic N) is 1. The van der Waals surface area contributed by atoms with Gasteiger partial charge in [-0.25, -0.2) is 0 Å². The maximum absolute atomic E-state index is 13.4. The summed E-state index contributed by atoms with van der Waals surface area (Å²) in [6.07, 6.45) is 2.13.